The lowest BCUT2D eigenvalue weighted by atomic mass is 9.96. The van der Waals surface area contributed by atoms with Crippen molar-refractivity contribution in [2.75, 3.05) is 44.2 Å². The van der Waals surface area contributed by atoms with E-state index in [9.17, 15) is 9.59 Å². The fraction of sp³-hybridized carbons (Fsp3) is 0.364. The second-order valence-corrected chi connectivity index (χ2v) is 7.82. The summed E-state index contributed by atoms with van der Waals surface area (Å²) in [7, 11) is 0. The number of fused-ring (bicyclic) bond motifs is 1. The normalized spacial score (nSPS) is 18.6. The van der Waals surface area contributed by atoms with Crippen LogP contribution in [0.25, 0.3) is 0 Å². The second kappa shape index (κ2) is 8.74. The molecule has 0 bridgehead atoms. The Hall–Kier alpha value is -2.73. The zero-order valence-electron chi connectivity index (χ0n) is 16.1. The zero-order chi connectivity index (χ0) is 20.2. The van der Waals surface area contributed by atoms with Crippen LogP contribution in [0, 0.1) is 5.92 Å². The third-order valence-corrected chi connectivity index (χ3v) is 5.74. The number of anilines is 1. The van der Waals surface area contributed by atoms with Gasteiger partial charge in [-0.25, -0.2) is 0 Å². The molecule has 2 aromatic carbocycles. The average Bonchev–Trinajstić information content (AvgIpc) is 2.77. The molecule has 2 amide bonds. The van der Waals surface area contributed by atoms with Gasteiger partial charge >= 0.3 is 0 Å². The summed E-state index contributed by atoms with van der Waals surface area (Å²) < 4.78 is 5.67. The molecule has 0 radical (unpaired) electrons. The smallest absolute Gasteiger partial charge is 0.242 e. The van der Waals surface area contributed by atoms with Crippen molar-refractivity contribution in [3.8, 4) is 5.75 Å². The quantitative estimate of drug-likeness (QED) is 0.835. The molecule has 6 nitrogen and oxygen atoms in total. The van der Waals surface area contributed by atoms with Crippen molar-refractivity contribution in [2.45, 2.75) is 6.42 Å². The minimum Gasteiger partial charge on any atom is -0.492 e. The van der Waals surface area contributed by atoms with Crippen LogP contribution in [0.4, 0.5) is 5.69 Å². The fourth-order valence-electron chi connectivity index (χ4n) is 3.78. The highest BCUT2D eigenvalue weighted by Crippen LogP contribution is 2.26. The third kappa shape index (κ3) is 4.65. The van der Waals surface area contributed by atoms with Gasteiger partial charge in [0.2, 0.25) is 11.8 Å². The number of nitrogens with zero attached hydrogens (tertiary/aromatic N) is 2. The molecule has 2 heterocycles. The molecule has 2 aromatic rings. The van der Waals surface area contributed by atoms with Crippen molar-refractivity contribution in [3.05, 3.63) is 59.1 Å². The standard InChI is InChI=1S/C22H24ClN3O3/c23-18-5-7-19(8-6-18)25-9-11-26(12-10-25)21(27)14-24-22(28)17-13-16-3-1-2-4-20(16)29-15-17/h1-8,17H,9-15H2,(H,24,28). The first-order valence-corrected chi connectivity index (χ1v) is 10.2. The number of halogens is 1. The lowest BCUT2D eigenvalue weighted by Gasteiger charge is -2.36. The Kier molecular flexibility index (Phi) is 5.90. The Morgan fingerprint density at radius 2 is 1.76 bits per heavy atom. The van der Waals surface area contributed by atoms with Crippen molar-refractivity contribution in [3.63, 3.8) is 0 Å². The van der Waals surface area contributed by atoms with Crippen LogP contribution in [-0.2, 0) is 16.0 Å². The van der Waals surface area contributed by atoms with E-state index in [-0.39, 0.29) is 24.3 Å². The summed E-state index contributed by atoms with van der Waals surface area (Å²) in [5, 5.41) is 3.50. The Bertz CT molecular complexity index is 879. The van der Waals surface area contributed by atoms with Gasteiger partial charge in [-0.3, -0.25) is 9.59 Å². The number of carbonyl (C=O) groups is 2. The number of rotatable bonds is 4. The van der Waals surface area contributed by atoms with Crippen LogP contribution in [0.3, 0.4) is 0 Å². The van der Waals surface area contributed by atoms with Crippen molar-refractivity contribution in [1.82, 2.24) is 10.2 Å². The molecule has 4 rings (SSSR count). The van der Waals surface area contributed by atoms with E-state index in [2.05, 4.69) is 10.2 Å². The first-order valence-electron chi connectivity index (χ1n) is 9.87. The van der Waals surface area contributed by atoms with E-state index in [0.29, 0.717) is 31.1 Å². The van der Waals surface area contributed by atoms with E-state index in [1.165, 1.54) is 0 Å². The predicted octanol–water partition coefficient (Wildman–Crippen LogP) is 2.36. The fourth-order valence-corrected chi connectivity index (χ4v) is 3.91. The van der Waals surface area contributed by atoms with Crippen LogP contribution in [-0.4, -0.2) is 56.0 Å². The van der Waals surface area contributed by atoms with Crippen LogP contribution < -0.4 is 15.0 Å². The molecule has 152 valence electrons. The summed E-state index contributed by atoms with van der Waals surface area (Å²) in [6.45, 7) is 3.16. The summed E-state index contributed by atoms with van der Waals surface area (Å²) in [5.41, 5.74) is 2.14. The zero-order valence-corrected chi connectivity index (χ0v) is 16.9. The number of benzene rings is 2. The van der Waals surface area contributed by atoms with E-state index in [0.717, 1.165) is 30.1 Å². The van der Waals surface area contributed by atoms with E-state index in [4.69, 9.17) is 16.3 Å². The van der Waals surface area contributed by atoms with Crippen molar-refractivity contribution < 1.29 is 14.3 Å². The number of hydrogen-bond acceptors (Lipinski definition) is 4. The summed E-state index contributed by atoms with van der Waals surface area (Å²) in [6, 6.07) is 15.5. The highest BCUT2D eigenvalue weighted by atomic mass is 35.5. The van der Waals surface area contributed by atoms with Crippen LogP contribution in [0.2, 0.25) is 5.02 Å². The predicted molar refractivity (Wildman–Crippen MR) is 112 cm³/mol. The molecule has 1 N–H and O–H groups in total. The number of ether oxygens (including phenoxy) is 1. The molecule has 0 spiro atoms. The largest absolute Gasteiger partial charge is 0.492 e. The van der Waals surface area contributed by atoms with Gasteiger partial charge in [0, 0.05) is 36.9 Å². The number of nitrogens with one attached hydrogen (secondary N) is 1. The Labute approximate surface area is 175 Å². The molecule has 2 aliphatic heterocycles. The average molecular weight is 414 g/mol. The van der Waals surface area contributed by atoms with Gasteiger partial charge in [-0.05, 0) is 42.3 Å². The lowest BCUT2D eigenvalue weighted by molar-refractivity contribution is -0.134. The molecule has 0 saturated carbocycles. The van der Waals surface area contributed by atoms with E-state index < -0.39 is 0 Å². The van der Waals surface area contributed by atoms with E-state index in [1.54, 1.807) is 4.90 Å². The molecule has 29 heavy (non-hydrogen) atoms. The van der Waals surface area contributed by atoms with Crippen molar-refractivity contribution in [2.24, 2.45) is 5.92 Å². The van der Waals surface area contributed by atoms with Gasteiger partial charge in [-0.15, -0.1) is 0 Å². The van der Waals surface area contributed by atoms with Crippen LogP contribution in [0.5, 0.6) is 5.75 Å². The first-order chi connectivity index (χ1) is 14.1. The van der Waals surface area contributed by atoms with Gasteiger partial charge in [0.05, 0.1) is 12.5 Å². The van der Waals surface area contributed by atoms with Gasteiger partial charge in [-0.2, -0.15) is 0 Å². The van der Waals surface area contributed by atoms with E-state index in [1.807, 2.05) is 48.5 Å². The van der Waals surface area contributed by atoms with Crippen molar-refractivity contribution >= 4 is 29.1 Å². The molecule has 0 aliphatic carbocycles. The molecule has 1 saturated heterocycles. The second-order valence-electron chi connectivity index (χ2n) is 7.38. The van der Waals surface area contributed by atoms with E-state index >= 15 is 0 Å². The maximum Gasteiger partial charge on any atom is 0.242 e. The lowest BCUT2D eigenvalue weighted by Crippen LogP contribution is -2.52. The number of piperazine rings is 1. The van der Waals surface area contributed by atoms with Gasteiger partial charge in [0.25, 0.3) is 0 Å². The number of amides is 2. The van der Waals surface area contributed by atoms with Gasteiger partial charge in [-0.1, -0.05) is 29.8 Å². The summed E-state index contributed by atoms with van der Waals surface area (Å²) in [5.74, 6) is 0.393. The molecule has 0 aromatic heterocycles. The summed E-state index contributed by atoms with van der Waals surface area (Å²) in [4.78, 5) is 29.0. The highest BCUT2D eigenvalue weighted by Gasteiger charge is 2.27. The molecular weight excluding hydrogens is 390 g/mol. The molecular formula is C22H24ClN3O3. The maximum atomic E-state index is 12.5. The molecule has 2 aliphatic rings. The summed E-state index contributed by atoms with van der Waals surface area (Å²) >= 11 is 5.94. The van der Waals surface area contributed by atoms with Gasteiger partial charge < -0.3 is 19.9 Å². The Balaban J connectivity index is 1.23. The number of para-hydroxylation sites is 1. The third-order valence-electron chi connectivity index (χ3n) is 5.49. The minimum absolute atomic E-state index is 0.0257. The van der Waals surface area contributed by atoms with Crippen LogP contribution >= 0.6 is 11.6 Å². The van der Waals surface area contributed by atoms with Crippen LogP contribution in [0.1, 0.15) is 5.56 Å². The molecule has 1 fully saturated rings. The topological polar surface area (TPSA) is 61.9 Å². The van der Waals surface area contributed by atoms with Gasteiger partial charge in [0.1, 0.15) is 12.4 Å². The van der Waals surface area contributed by atoms with Crippen molar-refractivity contribution in [1.29, 1.82) is 0 Å². The molecule has 1 unspecified atom stereocenters. The van der Waals surface area contributed by atoms with Crippen LogP contribution in [0.15, 0.2) is 48.5 Å². The first kappa shape index (κ1) is 19.6. The van der Waals surface area contributed by atoms with Gasteiger partial charge in [0.15, 0.2) is 0 Å². The SMILES string of the molecule is O=C(NCC(=O)N1CCN(c2ccc(Cl)cc2)CC1)C1COc2ccccc2C1. The molecule has 1 atom stereocenters. The monoisotopic (exact) mass is 413 g/mol. The summed E-state index contributed by atoms with van der Waals surface area (Å²) in [6.07, 6.45) is 0.635. The Morgan fingerprint density at radius 1 is 1.03 bits per heavy atom. The number of carbonyl (C=O) groups excluding carboxylic acids is 2. The number of hydrogen-bond donors (Lipinski definition) is 1. The Morgan fingerprint density at radius 3 is 2.52 bits per heavy atom. The maximum absolute atomic E-state index is 12.5. The minimum atomic E-state index is -0.264. The highest BCUT2D eigenvalue weighted by molar-refractivity contribution is 6.30. The molecule has 7 heteroatoms.